The predicted molar refractivity (Wildman–Crippen MR) is 66.4 cm³/mol. The first-order valence-electron chi connectivity index (χ1n) is 5.17. The molecule has 1 rings (SSSR count). The van der Waals surface area contributed by atoms with E-state index in [2.05, 4.69) is 0 Å². The minimum atomic E-state index is -0.440. The number of nitrogens with two attached hydrogens (primary N) is 1. The number of benzene rings is 1. The lowest BCUT2D eigenvalue weighted by atomic mass is 9.95. The van der Waals surface area contributed by atoms with E-state index in [4.69, 9.17) is 5.73 Å². The van der Waals surface area contributed by atoms with Crippen molar-refractivity contribution in [1.29, 1.82) is 0 Å². The molecule has 2 nitrogen and oxygen atoms in total. The maximum absolute atomic E-state index is 13.5. The van der Waals surface area contributed by atoms with E-state index in [1.165, 1.54) is 6.07 Å². The summed E-state index contributed by atoms with van der Waals surface area (Å²) in [5.74, 6) is -0.0614. The lowest BCUT2D eigenvalue weighted by molar-refractivity contribution is 0.427. The van der Waals surface area contributed by atoms with Crippen molar-refractivity contribution in [2.45, 2.75) is 33.2 Å². The molecule has 1 atom stereocenters. The Balaban J connectivity index is 0.00000225. The molecule has 4 heteroatoms. The molecule has 16 heavy (non-hydrogen) atoms. The zero-order valence-corrected chi connectivity index (χ0v) is 10.6. The maximum atomic E-state index is 13.5. The van der Waals surface area contributed by atoms with Crippen LogP contribution in [0.5, 0.6) is 5.75 Å². The van der Waals surface area contributed by atoms with E-state index in [-0.39, 0.29) is 23.7 Å². The summed E-state index contributed by atoms with van der Waals surface area (Å²) in [7, 11) is 0. The average molecular weight is 248 g/mol. The van der Waals surface area contributed by atoms with Crippen molar-refractivity contribution in [3.63, 3.8) is 0 Å². The highest BCUT2D eigenvalue weighted by Gasteiger charge is 2.18. The van der Waals surface area contributed by atoms with Gasteiger partial charge in [0.25, 0.3) is 0 Å². The lowest BCUT2D eigenvalue weighted by Gasteiger charge is -2.17. The van der Waals surface area contributed by atoms with Crippen LogP contribution in [0.1, 0.15) is 37.4 Å². The molecule has 0 unspecified atom stereocenters. The number of aromatic hydroxyl groups is 1. The van der Waals surface area contributed by atoms with Crippen molar-refractivity contribution in [2.24, 2.45) is 11.7 Å². The van der Waals surface area contributed by atoms with Crippen LogP contribution in [0.3, 0.4) is 0 Å². The molecule has 1 aromatic carbocycles. The van der Waals surface area contributed by atoms with E-state index >= 15 is 0 Å². The second-order valence-corrected chi connectivity index (χ2v) is 4.36. The Labute approximate surface area is 102 Å². The van der Waals surface area contributed by atoms with Gasteiger partial charge in [0, 0.05) is 11.6 Å². The molecule has 1 aromatic rings. The fourth-order valence-corrected chi connectivity index (χ4v) is 1.67. The minimum Gasteiger partial charge on any atom is -0.507 e. The van der Waals surface area contributed by atoms with Gasteiger partial charge in [-0.05, 0) is 30.9 Å². The highest BCUT2D eigenvalue weighted by Crippen LogP contribution is 2.31. The van der Waals surface area contributed by atoms with Gasteiger partial charge in [-0.1, -0.05) is 19.9 Å². The fourth-order valence-electron chi connectivity index (χ4n) is 1.67. The largest absolute Gasteiger partial charge is 0.507 e. The highest BCUT2D eigenvalue weighted by atomic mass is 35.5. The van der Waals surface area contributed by atoms with Crippen LogP contribution in [0.4, 0.5) is 4.39 Å². The smallest absolute Gasteiger partial charge is 0.131 e. The van der Waals surface area contributed by atoms with Crippen LogP contribution < -0.4 is 5.73 Å². The van der Waals surface area contributed by atoms with E-state index in [1.807, 2.05) is 13.8 Å². The third-order valence-electron chi connectivity index (χ3n) is 2.46. The molecule has 0 radical (unpaired) electrons. The van der Waals surface area contributed by atoms with Gasteiger partial charge in [-0.2, -0.15) is 0 Å². The van der Waals surface area contributed by atoms with Crippen molar-refractivity contribution >= 4 is 12.4 Å². The minimum absolute atomic E-state index is 0. The zero-order valence-electron chi connectivity index (χ0n) is 9.83. The van der Waals surface area contributed by atoms with Gasteiger partial charge in [-0.3, -0.25) is 0 Å². The Bertz CT molecular complexity index is 355. The summed E-state index contributed by atoms with van der Waals surface area (Å²) in [6.07, 6.45) is 0.661. The molecule has 0 spiro atoms. The quantitative estimate of drug-likeness (QED) is 0.861. The first kappa shape index (κ1) is 15.2. The van der Waals surface area contributed by atoms with E-state index in [0.29, 0.717) is 17.9 Å². The Morgan fingerprint density at radius 1 is 1.38 bits per heavy atom. The van der Waals surface area contributed by atoms with E-state index in [0.717, 1.165) is 0 Å². The number of hydrogen-bond donors (Lipinski definition) is 2. The number of phenolic OH excluding ortho intramolecular Hbond substituents is 1. The Morgan fingerprint density at radius 2 is 1.94 bits per heavy atom. The molecule has 0 heterocycles. The Kier molecular flexibility index (Phi) is 5.76. The summed E-state index contributed by atoms with van der Waals surface area (Å²) in [6, 6.07) is 2.46. The highest BCUT2D eigenvalue weighted by molar-refractivity contribution is 5.85. The Hall–Kier alpha value is -0.800. The van der Waals surface area contributed by atoms with E-state index < -0.39 is 11.9 Å². The number of hydrogen-bond acceptors (Lipinski definition) is 2. The molecule has 0 aliphatic heterocycles. The Morgan fingerprint density at radius 3 is 2.44 bits per heavy atom. The number of phenols is 1. The van der Waals surface area contributed by atoms with Crippen LogP contribution in [-0.2, 0) is 0 Å². The summed E-state index contributed by atoms with van der Waals surface area (Å²) in [4.78, 5) is 0. The SMILES string of the molecule is Cc1ccc(F)c([C@H](N)CC(C)C)c1O.Cl. The normalized spacial score (nSPS) is 12.4. The molecule has 0 saturated carbocycles. The molecule has 92 valence electrons. The predicted octanol–water partition coefficient (Wildman–Crippen LogP) is 3.31. The maximum Gasteiger partial charge on any atom is 0.131 e. The summed E-state index contributed by atoms with van der Waals surface area (Å²) in [6.45, 7) is 5.77. The van der Waals surface area contributed by atoms with Crippen molar-refractivity contribution in [2.75, 3.05) is 0 Å². The van der Waals surface area contributed by atoms with Crippen LogP contribution in [0, 0.1) is 18.7 Å². The zero-order chi connectivity index (χ0) is 11.6. The van der Waals surface area contributed by atoms with Gasteiger partial charge in [0.15, 0.2) is 0 Å². The molecule has 0 fully saturated rings. The van der Waals surface area contributed by atoms with Crippen molar-refractivity contribution in [3.05, 3.63) is 29.1 Å². The third kappa shape index (κ3) is 3.35. The molecule has 0 aliphatic rings. The summed E-state index contributed by atoms with van der Waals surface area (Å²) in [5.41, 5.74) is 6.76. The monoisotopic (exact) mass is 247 g/mol. The summed E-state index contributed by atoms with van der Waals surface area (Å²) < 4.78 is 13.5. The number of rotatable bonds is 3. The lowest BCUT2D eigenvalue weighted by Crippen LogP contribution is -2.15. The van der Waals surface area contributed by atoms with Crippen LogP contribution in [0.15, 0.2) is 12.1 Å². The second-order valence-electron chi connectivity index (χ2n) is 4.36. The molecule has 3 N–H and O–H groups in total. The molecular weight excluding hydrogens is 229 g/mol. The first-order chi connectivity index (χ1) is 6.93. The molecule has 0 amide bonds. The van der Waals surface area contributed by atoms with Gasteiger partial charge >= 0.3 is 0 Å². The summed E-state index contributed by atoms with van der Waals surface area (Å²) in [5, 5.41) is 9.74. The van der Waals surface area contributed by atoms with Crippen LogP contribution >= 0.6 is 12.4 Å². The second kappa shape index (κ2) is 6.06. The molecular formula is C12H19ClFNO. The molecule has 0 aliphatic carbocycles. The van der Waals surface area contributed by atoms with Gasteiger partial charge < -0.3 is 10.8 Å². The molecule has 0 aromatic heterocycles. The van der Waals surface area contributed by atoms with Crippen LogP contribution in [0.2, 0.25) is 0 Å². The third-order valence-corrected chi connectivity index (χ3v) is 2.46. The van der Waals surface area contributed by atoms with Crippen molar-refractivity contribution in [3.8, 4) is 5.75 Å². The van der Waals surface area contributed by atoms with Crippen molar-refractivity contribution < 1.29 is 9.50 Å². The van der Waals surface area contributed by atoms with E-state index in [1.54, 1.807) is 13.0 Å². The van der Waals surface area contributed by atoms with Crippen LogP contribution in [0.25, 0.3) is 0 Å². The van der Waals surface area contributed by atoms with Gasteiger partial charge in [-0.15, -0.1) is 12.4 Å². The molecule has 0 bridgehead atoms. The van der Waals surface area contributed by atoms with Crippen molar-refractivity contribution in [1.82, 2.24) is 0 Å². The van der Waals surface area contributed by atoms with Gasteiger partial charge in [0.1, 0.15) is 11.6 Å². The van der Waals surface area contributed by atoms with Crippen LogP contribution in [-0.4, -0.2) is 5.11 Å². The first-order valence-corrected chi connectivity index (χ1v) is 5.17. The van der Waals surface area contributed by atoms with Gasteiger partial charge in [-0.25, -0.2) is 4.39 Å². The fraction of sp³-hybridized carbons (Fsp3) is 0.500. The van der Waals surface area contributed by atoms with E-state index in [9.17, 15) is 9.50 Å². The summed E-state index contributed by atoms with van der Waals surface area (Å²) >= 11 is 0. The number of halogens is 2. The average Bonchev–Trinajstić information content (AvgIpc) is 2.11. The van der Waals surface area contributed by atoms with Gasteiger partial charge in [0.05, 0.1) is 0 Å². The number of aryl methyl sites for hydroxylation is 1. The topological polar surface area (TPSA) is 46.2 Å². The molecule has 0 saturated heterocycles. The van der Waals surface area contributed by atoms with Gasteiger partial charge in [0.2, 0.25) is 0 Å². The standard InChI is InChI=1S/C12H18FNO.ClH/c1-7(2)6-10(14)11-9(13)5-4-8(3)12(11)15;/h4-5,7,10,15H,6,14H2,1-3H3;1H/t10-;/m1./s1.